The smallest absolute Gasteiger partial charge is 0.301 e. The number of carbonyl (C=O) groups is 2. The highest BCUT2D eigenvalue weighted by atomic mass is 32.2. The van der Waals surface area contributed by atoms with E-state index in [4.69, 9.17) is 4.74 Å². The molecule has 6 rings (SSSR count). The molecule has 0 spiro atoms. The molecular weight excluding hydrogens is 581 g/mol. The molecule has 1 atom stereocenters. The van der Waals surface area contributed by atoms with Gasteiger partial charge in [-0.1, -0.05) is 95.4 Å². The minimum Gasteiger partial charge on any atom is -0.507 e. The number of nitrogens with zero attached hydrogens (tertiary/aromatic N) is 4. The summed E-state index contributed by atoms with van der Waals surface area (Å²) >= 11 is 2.73. The highest BCUT2D eigenvalue weighted by Crippen LogP contribution is 2.44. The Labute approximate surface area is 256 Å². The Morgan fingerprint density at radius 2 is 1.70 bits per heavy atom. The first-order valence-electron chi connectivity index (χ1n) is 13.5. The molecule has 5 aromatic rings. The topological polar surface area (TPSA) is 106 Å². The van der Waals surface area contributed by atoms with E-state index in [1.807, 2.05) is 43.3 Å². The summed E-state index contributed by atoms with van der Waals surface area (Å²) in [6.45, 7) is 2.39. The molecule has 0 bridgehead atoms. The molecule has 1 N–H and O–H groups in total. The number of thioether (sulfide) groups is 1. The number of aliphatic hydroxyl groups is 1. The molecule has 214 valence electrons. The lowest BCUT2D eigenvalue weighted by atomic mass is 9.95. The molecule has 1 saturated heterocycles. The van der Waals surface area contributed by atoms with Crippen molar-refractivity contribution in [2.24, 2.45) is 0 Å². The standard InChI is InChI=1S/C33H26N4O4S2/c1-21-10-12-23(13-11-21)20-42-33-36-35-32(43-33)37-28(27(30(39)31(37)40)29(38)24-14-16-34-17-15-24)25-8-5-9-26(18-25)41-19-22-6-3-2-4-7-22/h2-18,28,38H,19-20H2,1H3/b29-27+. The number of amides is 1. The summed E-state index contributed by atoms with van der Waals surface area (Å²) in [6, 6.07) is 27.4. The largest absolute Gasteiger partial charge is 0.507 e. The first-order chi connectivity index (χ1) is 21.0. The van der Waals surface area contributed by atoms with Gasteiger partial charge in [0.25, 0.3) is 5.78 Å². The zero-order valence-corrected chi connectivity index (χ0v) is 24.7. The minimum atomic E-state index is -0.948. The maximum absolute atomic E-state index is 13.6. The van der Waals surface area contributed by atoms with Gasteiger partial charge in [-0.3, -0.25) is 19.5 Å². The van der Waals surface area contributed by atoms with Crippen LogP contribution in [0.2, 0.25) is 0 Å². The Morgan fingerprint density at radius 1 is 0.930 bits per heavy atom. The molecule has 10 heteroatoms. The molecule has 1 amide bonds. The summed E-state index contributed by atoms with van der Waals surface area (Å²) < 4.78 is 6.71. The van der Waals surface area contributed by atoms with Gasteiger partial charge in [-0.15, -0.1) is 10.2 Å². The zero-order chi connectivity index (χ0) is 29.8. The van der Waals surface area contributed by atoms with Crippen LogP contribution in [-0.4, -0.2) is 32.0 Å². The number of carbonyl (C=O) groups excluding carboxylic acids is 2. The number of rotatable bonds is 9. The molecule has 1 fully saturated rings. The molecule has 0 saturated carbocycles. The number of anilines is 1. The summed E-state index contributed by atoms with van der Waals surface area (Å²) in [7, 11) is 0. The van der Waals surface area contributed by atoms with E-state index in [1.54, 1.807) is 30.3 Å². The van der Waals surface area contributed by atoms with Gasteiger partial charge in [-0.05, 0) is 47.9 Å². The fraction of sp³-hybridized carbons (Fsp3) is 0.121. The van der Waals surface area contributed by atoms with Crippen LogP contribution in [0.4, 0.5) is 5.13 Å². The van der Waals surface area contributed by atoms with E-state index in [-0.39, 0.29) is 16.5 Å². The highest BCUT2D eigenvalue weighted by Gasteiger charge is 2.48. The maximum Gasteiger partial charge on any atom is 0.301 e. The van der Waals surface area contributed by atoms with Crippen LogP contribution < -0.4 is 9.64 Å². The third-order valence-corrected chi connectivity index (χ3v) is 9.03. The van der Waals surface area contributed by atoms with Crippen LogP contribution in [0.3, 0.4) is 0 Å². The predicted molar refractivity (Wildman–Crippen MR) is 167 cm³/mol. The van der Waals surface area contributed by atoms with Crippen LogP contribution in [0.15, 0.2) is 113 Å². The lowest BCUT2D eigenvalue weighted by Crippen LogP contribution is -2.29. The van der Waals surface area contributed by atoms with Crippen molar-refractivity contribution in [2.45, 2.75) is 29.7 Å². The van der Waals surface area contributed by atoms with Crippen LogP contribution in [0, 0.1) is 6.92 Å². The fourth-order valence-electron chi connectivity index (χ4n) is 4.71. The number of aryl methyl sites for hydroxylation is 1. The highest BCUT2D eigenvalue weighted by molar-refractivity contribution is 8.00. The Balaban J connectivity index is 1.35. The van der Waals surface area contributed by atoms with E-state index >= 15 is 0 Å². The van der Waals surface area contributed by atoms with Crippen molar-refractivity contribution < 1.29 is 19.4 Å². The third kappa shape index (κ3) is 6.20. The number of aliphatic hydroxyl groups excluding tert-OH is 1. The monoisotopic (exact) mass is 606 g/mol. The van der Waals surface area contributed by atoms with Gasteiger partial charge in [0.1, 0.15) is 18.1 Å². The average Bonchev–Trinajstić information content (AvgIpc) is 3.62. The van der Waals surface area contributed by atoms with Crippen molar-refractivity contribution in [3.63, 3.8) is 0 Å². The summed E-state index contributed by atoms with van der Waals surface area (Å²) in [5, 5.41) is 20.2. The second-order valence-corrected chi connectivity index (χ2v) is 12.1. The summed E-state index contributed by atoms with van der Waals surface area (Å²) in [6.07, 6.45) is 3.03. The van der Waals surface area contributed by atoms with Gasteiger partial charge in [0.15, 0.2) is 4.34 Å². The van der Waals surface area contributed by atoms with E-state index in [1.165, 1.54) is 46.0 Å². The Bertz CT molecular complexity index is 1790. The number of ether oxygens (including phenoxy) is 1. The van der Waals surface area contributed by atoms with Gasteiger partial charge in [0.2, 0.25) is 5.13 Å². The zero-order valence-electron chi connectivity index (χ0n) is 23.1. The molecule has 1 aliphatic rings. The average molecular weight is 607 g/mol. The van der Waals surface area contributed by atoms with Crippen molar-refractivity contribution in [3.8, 4) is 5.75 Å². The summed E-state index contributed by atoms with van der Waals surface area (Å²) in [5.41, 5.74) is 4.24. The van der Waals surface area contributed by atoms with Crippen LogP contribution in [0.25, 0.3) is 5.76 Å². The molecule has 43 heavy (non-hydrogen) atoms. The number of aromatic nitrogens is 3. The molecule has 8 nitrogen and oxygen atoms in total. The first kappa shape index (κ1) is 28.3. The maximum atomic E-state index is 13.6. The normalized spacial score (nSPS) is 16.0. The number of ketones is 1. The van der Waals surface area contributed by atoms with E-state index in [9.17, 15) is 14.7 Å². The number of Topliss-reactive ketones (excluding diaryl/α,β-unsaturated/α-hetero) is 1. The van der Waals surface area contributed by atoms with Gasteiger partial charge >= 0.3 is 5.91 Å². The fourth-order valence-corrected chi connectivity index (χ4v) is 6.54. The third-order valence-electron chi connectivity index (χ3n) is 6.91. The second-order valence-electron chi connectivity index (χ2n) is 9.88. The van der Waals surface area contributed by atoms with Gasteiger partial charge < -0.3 is 9.84 Å². The van der Waals surface area contributed by atoms with Crippen molar-refractivity contribution in [2.75, 3.05) is 4.90 Å². The second kappa shape index (κ2) is 12.6. The predicted octanol–water partition coefficient (Wildman–Crippen LogP) is 6.74. The Hall–Kier alpha value is -4.80. The number of hydrogen-bond acceptors (Lipinski definition) is 9. The van der Waals surface area contributed by atoms with Crippen molar-refractivity contribution in [1.29, 1.82) is 0 Å². The van der Waals surface area contributed by atoms with Crippen LogP contribution in [0.5, 0.6) is 5.75 Å². The molecule has 1 unspecified atom stereocenters. The van der Waals surface area contributed by atoms with Gasteiger partial charge in [-0.25, -0.2) is 0 Å². The van der Waals surface area contributed by atoms with Crippen molar-refractivity contribution >= 4 is 45.7 Å². The van der Waals surface area contributed by atoms with Gasteiger partial charge in [0.05, 0.1) is 11.6 Å². The quantitative estimate of drug-likeness (QED) is 0.0647. The van der Waals surface area contributed by atoms with Gasteiger partial charge in [-0.2, -0.15) is 0 Å². The van der Waals surface area contributed by atoms with E-state index in [0.29, 0.717) is 33.6 Å². The minimum absolute atomic E-state index is 0.0412. The van der Waals surface area contributed by atoms with E-state index < -0.39 is 17.7 Å². The van der Waals surface area contributed by atoms with Gasteiger partial charge in [0, 0.05) is 23.7 Å². The lowest BCUT2D eigenvalue weighted by molar-refractivity contribution is -0.132. The van der Waals surface area contributed by atoms with Crippen molar-refractivity contribution in [1.82, 2.24) is 15.2 Å². The molecule has 1 aliphatic heterocycles. The van der Waals surface area contributed by atoms with Crippen LogP contribution in [0.1, 0.15) is 33.9 Å². The molecule has 0 radical (unpaired) electrons. The number of pyridine rings is 1. The van der Waals surface area contributed by atoms with E-state index in [2.05, 4.69) is 39.4 Å². The van der Waals surface area contributed by atoms with Crippen LogP contribution >= 0.6 is 23.1 Å². The van der Waals surface area contributed by atoms with Crippen LogP contribution in [-0.2, 0) is 21.9 Å². The Kier molecular flexibility index (Phi) is 8.30. The SMILES string of the molecule is Cc1ccc(CSc2nnc(N3C(=O)C(=O)/C(=C(/O)c4ccncc4)C3c3cccc(OCc4ccccc4)c3)s2)cc1. The molecule has 3 heterocycles. The van der Waals surface area contributed by atoms with E-state index in [0.717, 1.165) is 11.1 Å². The molecular formula is C33H26N4O4S2. The number of hydrogen-bond donors (Lipinski definition) is 1. The summed E-state index contributed by atoms with van der Waals surface area (Å²) in [5.74, 6) is -0.647. The molecule has 2 aromatic heterocycles. The summed E-state index contributed by atoms with van der Waals surface area (Å²) in [4.78, 5) is 32.4. The Morgan fingerprint density at radius 3 is 2.47 bits per heavy atom. The van der Waals surface area contributed by atoms with Crippen molar-refractivity contribution in [3.05, 3.63) is 137 Å². The first-order valence-corrected chi connectivity index (χ1v) is 15.3. The molecule has 3 aromatic carbocycles. The molecule has 0 aliphatic carbocycles. The number of benzene rings is 3. The lowest BCUT2D eigenvalue weighted by Gasteiger charge is -2.23.